The van der Waals surface area contributed by atoms with Gasteiger partial charge in [0.15, 0.2) is 29.1 Å². The topological polar surface area (TPSA) is 316 Å². The van der Waals surface area contributed by atoms with E-state index in [9.17, 15) is 35.1 Å². The van der Waals surface area contributed by atoms with E-state index in [1.807, 2.05) is 19.0 Å². The second-order valence-electron chi connectivity index (χ2n) is 24.0. The lowest BCUT2D eigenvalue weighted by Gasteiger charge is -2.04. The van der Waals surface area contributed by atoms with Crippen LogP contribution in [0.15, 0.2) is 146 Å². The molecule has 0 aliphatic heterocycles. The zero-order chi connectivity index (χ0) is 74.0. The molecule has 31 heteroatoms. The van der Waals surface area contributed by atoms with E-state index in [4.69, 9.17) is 5.11 Å². The average Bonchev–Trinajstić information content (AvgIpc) is 1.65. The summed E-state index contributed by atoms with van der Waals surface area (Å²) in [7, 11) is 5.62. The normalized spacial score (nSPS) is 11.7. The minimum atomic E-state index is -0.509. The van der Waals surface area contributed by atoms with Crippen LogP contribution >= 0.6 is 0 Å². The number of hydrogen-bond donors (Lipinski definition) is 10. The molecule has 16 rings (SSSR count). The second-order valence-corrected chi connectivity index (χ2v) is 24.0. The number of aliphatic hydroxyl groups excluding tert-OH is 1. The van der Waals surface area contributed by atoms with Crippen molar-refractivity contribution in [3.63, 3.8) is 0 Å². The highest BCUT2D eigenvalue weighted by Gasteiger charge is 2.20. The molecule has 10 N–H and O–H groups in total. The monoisotopic (exact) mass is 1440 g/mol. The van der Waals surface area contributed by atoms with E-state index in [0.717, 1.165) is 16.2 Å². The standard InChI is InChI=1S/C20H18F2N6.C19H16F2N6.C18H13F2N5O.C18H13F2N5/c1-28(2)11-19-23-20(27-26-19)14-9-15-17(24-25-18(15)10-16(14)22)7-6-12-4-3-5-13(21)8-12;1-22-10-18-23-19(27-26-18)13-8-14-16(24-25-17(14)9-15(13)21)6-5-11-3-2-4-12(20)7-11;19-11-3-1-2-10(6-11)4-5-15-13-7-12(14(20)8-16(13)23-22-15)18-21-17(9-26)24-25-18;1-10-21-18(25-22-10)13-8-14-16(23-24-17(14)9-15(13)20)6-5-11-3-2-4-12(19)7-11/h3-10H,11H2,1-2H3,(H,24,25)(H,23,26,27);2-9,22H,10H2,1H3,(H,24,25)(H,23,26,27);1-8,26H,9H2,(H,22,23)(H,21,24,25);2-9H,1H3,(H,23,24)(H,21,22,25)/b7-6+;6-5+;5-4+;6-5+. The van der Waals surface area contributed by atoms with E-state index in [-0.39, 0.29) is 75.7 Å². The molecule has 0 bridgehead atoms. The molecule has 532 valence electrons. The number of aromatic nitrogens is 20. The van der Waals surface area contributed by atoms with Gasteiger partial charge in [-0.1, -0.05) is 72.8 Å². The fourth-order valence-electron chi connectivity index (χ4n) is 11.0. The molecule has 23 nitrogen and oxygen atoms in total. The summed E-state index contributed by atoms with van der Waals surface area (Å²) < 4.78 is 111. The number of H-pyrrole nitrogens is 8. The Morgan fingerprint density at radius 2 is 0.660 bits per heavy atom. The summed E-state index contributed by atoms with van der Waals surface area (Å²) in [6.45, 7) is 2.51. The molecule has 8 aromatic heterocycles. The van der Waals surface area contributed by atoms with Gasteiger partial charge < -0.3 is 15.3 Å². The number of aromatic amines is 8. The molecular weight excluding hydrogens is 1380 g/mol. The first-order valence-electron chi connectivity index (χ1n) is 32.4. The Morgan fingerprint density at radius 3 is 0.953 bits per heavy atom. The van der Waals surface area contributed by atoms with Crippen LogP contribution in [-0.4, -0.2) is 133 Å². The van der Waals surface area contributed by atoms with Crippen molar-refractivity contribution < 1.29 is 40.2 Å². The number of nitrogens with one attached hydrogen (secondary N) is 9. The Labute approximate surface area is 595 Å². The molecule has 8 heterocycles. The van der Waals surface area contributed by atoms with Crippen molar-refractivity contribution in [2.45, 2.75) is 26.6 Å². The Kier molecular flexibility index (Phi) is 21.3. The van der Waals surface area contributed by atoms with Crippen LogP contribution in [0.1, 0.15) is 68.3 Å². The van der Waals surface area contributed by atoms with Crippen molar-refractivity contribution in [3.8, 4) is 45.6 Å². The fraction of sp³-hybridized carbons (Fsp3) is 0.0933. The zero-order valence-corrected chi connectivity index (χ0v) is 56.4. The first kappa shape index (κ1) is 70.9. The second kappa shape index (κ2) is 31.8. The molecule has 0 saturated carbocycles. The van der Waals surface area contributed by atoms with Crippen molar-refractivity contribution in [2.75, 3.05) is 21.1 Å². The number of fused-ring (bicyclic) bond motifs is 4. The van der Waals surface area contributed by atoms with Gasteiger partial charge in [-0.3, -0.25) is 40.8 Å². The van der Waals surface area contributed by atoms with Gasteiger partial charge in [-0.2, -0.15) is 40.8 Å². The average molecular weight is 1440 g/mol. The first-order chi connectivity index (χ1) is 51.4. The van der Waals surface area contributed by atoms with E-state index in [2.05, 4.69) is 107 Å². The Hall–Kier alpha value is -13.5. The van der Waals surface area contributed by atoms with Gasteiger partial charge in [0.2, 0.25) is 0 Å². The summed E-state index contributed by atoms with van der Waals surface area (Å²) in [5.41, 5.74) is 8.48. The van der Waals surface area contributed by atoms with Gasteiger partial charge in [-0.15, -0.1) is 0 Å². The predicted molar refractivity (Wildman–Crippen MR) is 388 cm³/mol. The van der Waals surface area contributed by atoms with Crippen molar-refractivity contribution >= 4 is 92.2 Å². The van der Waals surface area contributed by atoms with E-state index >= 15 is 0 Å². The first-order valence-corrected chi connectivity index (χ1v) is 32.4. The molecule has 0 aliphatic rings. The Bertz CT molecular complexity index is 5930. The summed E-state index contributed by atoms with van der Waals surface area (Å²) in [5, 5.41) is 69.8. The molecule has 8 aromatic carbocycles. The fourth-order valence-corrected chi connectivity index (χ4v) is 11.0. The summed E-state index contributed by atoms with van der Waals surface area (Å²) >= 11 is 0. The lowest BCUT2D eigenvalue weighted by atomic mass is 10.1. The minimum absolute atomic E-state index is 0.148. The van der Waals surface area contributed by atoms with Crippen LogP contribution < -0.4 is 5.32 Å². The van der Waals surface area contributed by atoms with Crippen molar-refractivity contribution in [1.29, 1.82) is 0 Å². The van der Waals surface area contributed by atoms with Crippen molar-refractivity contribution in [1.82, 2.24) is 112 Å². The smallest absolute Gasteiger partial charge is 0.184 e. The van der Waals surface area contributed by atoms with Crippen LogP contribution in [0.25, 0.3) is 138 Å². The molecule has 0 saturated heterocycles. The summed E-state index contributed by atoms with van der Waals surface area (Å²) in [6, 6.07) is 36.8. The van der Waals surface area contributed by atoms with E-state index in [0.29, 0.717) is 109 Å². The van der Waals surface area contributed by atoms with Gasteiger partial charge in [0, 0.05) is 45.8 Å². The molecule has 0 fully saturated rings. The van der Waals surface area contributed by atoms with Crippen LogP contribution in [0, 0.1) is 53.5 Å². The van der Waals surface area contributed by atoms with Gasteiger partial charge >= 0.3 is 0 Å². The van der Waals surface area contributed by atoms with Gasteiger partial charge in [-0.25, -0.2) is 55.1 Å². The number of nitrogens with zero attached hydrogens (tertiary/aromatic N) is 13. The van der Waals surface area contributed by atoms with Crippen LogP contribution in [-0.2, 0) is 19.7 Å². The number of hydrogen-bond acceptors (Lipinski definition) is 15. The molecule has 0 spiro atoms. The van der Waals surface area contributed by atoms with E-state index < -0.39 is 23.3 Å². The van der Waals surface area contributed by atoms with Crippen LogP contribution in [0.5, 0.6) is 0 Å². The SMILES string of the molecule is CN(C)Cc1nc(-c2cc3c(/C=C/c4cccc(F)c4)n[nH]c3cc2F)n[nH]1.CNCc1nc(-c2cc3c(/C=C/c4cccc(F)c4)n[nH]c3cc2F)n[nH]1.Cc1nc(-c2cc3c(/C=C/c4cccc(F)c4)n[nH]c3cc2F)n[nH]1.OCc1nc(-c2cc3c(/C=C/c4cccc(F)c4)n[nH]c3cc2F)n[nH]1. The third-order valence-corrected chi connectivity index (χ3v) is 16.0. The van der Waals surface area contributed by atoms with Crippen molar-refractivity contribution in [2.24, 2.45) is 0 Å². The molecule has 0 atom stereocenters. The molecule has 0 radical (unpaired) electrons. The van der Waals surface area contributed by atoms with Gasteiger partial charge in [0.05, 0.1) is 80.2 Å². The van der Waals surface area contributed by atoms with Crippen LogP contribution in [0.3, 0.4) is 0 Å². The zero-order valence-electron chi connectivity index (χ0n) is 56.4. The molecule has 106 heavy (non-hydrogen) atoms. The molecule has 0 aliphatic carbocycles. The summed E-state index contributed by atoms with van der Waals surface area (Å²) in [6.07, 6.45) is 13.9. The highest BCUT2D eigenvalue weighted by atomic mass is 19.2. The summed E-state index contributed by atoms with van der Waals surface area (Å²) in [4.78, 5) is 18.8. The highest BCUT2D eigenvalue weighted by molar-refractivity contribution is 5.95. The number of benzene rings is 8. The van der Waals surface area contributed by atoms with Gasteiger partial charge in [-0.05, 0) is 147 Å². The van der Waals surface area contributed by atoms with E-state index in [1.54, 1.807) is 135 Å². The third kappa shape index (κ3) is 16.8. The largest absolute Gasteiger partial charge is 0.388 e. The molecule has 0 unspecified atom stereocenters. The van der Waals surface area contributed by atoms with Crippen molar-refractivity contribution in [3.05, 3.63) is 260 Å². The summed E-state index contributed by atoms with van der Waals surface area (Å²) in [5.74, 6) is 0.0496. The van der Waals surface area contributed by atoms with Gasteiger partial charge in [0.25, 0.3) is 0 Å². The van der Waals surface area contributed by atoms with Crippen LogP contribution in [0.2, 0.25) is 0 Å². The lowest BCUT2D eigenvalue weighted by Crippen LogP contribution is -2.11. The van der Waals surface area contributed by atoms with Gasteiger partial charge in [0.1, 0.15) is 70.6 Å². The molecule has 0 amide bonds. The van der Waals surface area contributed by atoms with Crippen LogP contribution in [0.4, 0.5) is 35.1 Å². The molecular formula is C75H60F8N22O. The number of halogens is 8. The van der Waals surface area contributed by atoms with E-state index in [1.165, 1.54) is 72.8 Å². The predicted octanol–water partition coefficient (Wildman–Crippen LogP) is 14.8. The third-order valence-electron chi connectivity index (χ3n) is 16.0. The minimum Gasteiger partial charge on any atom is -0.388 e. The Balaban J connectivity index is 0.000000125. The maximum absolute atomic E-state index is 14.6. The quantitative estimate of drug-likeness (QED) is 0.0379. The number of aryl methyl sites for hydroxylation is 1. The lowest BCUT2D eigenvalue weighted by molar-refractivity contribution is 0.272. The highest BCUT2D eigenvalue weighted by Crippen LogP contribution is 2.33. The number of aliphatic hydroxyl groups is 1. The maximum atomic E-state index is 14.6. The number of rotatable bonds is 17. The molecule has 16 aromatic rings. The maximum Gasteiger partial charge on any atom is 0.184 e. The Morgan fingerprint density at radius 1 is 0.358 bits per heavy atom.